The molecule has 3 aromatic rings. The minimum atomic E-state index is -0.110. The van der Waals surface area contributed by atoms with Crippen molar-refractivity contribution in [2.45, 2.75) is 6.54 Å². The van der Waals surface area contributed by atoms with E-state index in [1.54, 1.807) is 24.3 Å². The number of nitrogens with one attached hydrogen (secondary N) is 1. The van der Waals surface area contributed by atoms with Gasteiger partial charge in [-0.25, -0.2) is 4.98 Å². The third kappa shape index (κ3) is 2.65. The molecule has 4 nitrogen and oxygen atoms in total. The molecule has 0 saturated carbocycles. The monoisotopic (exact) mass is 285 g/mol. The number of aromatic nitrogens is 2. The van der Waals surface area contributed by atoms with Crippen LogP contribution in [0, 0.1) is 0 Å². The molecule has 0 radical (unpaired) electrons. The molecule has 0 aliphatic rings. The molecule has 1 aromatic carbocycles. The van der Waals surface area contributed by atoms with Gasteiger partial charge < -0.3 is 9.72 Å². The summed E-state index contributed by atoms with van der Waals surface area (Å²) in [7, 11) is 0. The second kappa shape index (κ2) is 5.35. The average molecular weight is 286 g/mol. The number of hydrogen-bond acceptors (Lipinski definition) is 2. The van der Waals surface area contributed by atoms with Gasteiger partial charge in [0.05, 0.1) is 12.2 Å². The summed E-state index contributed by atoms with van der Waals surface area (Å²) < 4.78 is 1.87. The Morgan fingerprint density at radius 3 is 2.85 bits per heavy atom. The molecular weight excluding hydrogens is 274 g/mol. The van der Waals surface area contributed by atoms with E-state index in [2.05, 4.69) is 10.3 Å². The van der Waals surface area contributed by atoms with Gasteiger partial charge in [-0.2, -0.15) is 0 Å². The standard InChI is InChI=1S/C15H12ClN3O/c16-12-6-7-19-10-13(18-14(19)8-12)9-17-15(20)11-4-2-1-3-5-11/h1-8,10H,9H2,(H,17,20). The number of imidazole rings is 1. The van der Waals surface area contributed by atoms with Gasteiger partial charge in [0.15, 0.2) is 0 Å². The lowest BCUT2D eigenvalue weighted by Crippen LogP contribution is -2.22. The van der Waals surface area contributed by atoms with Crippen molar-refractivity contribution in [3.63, 3.8) is 0 Å². The first kappa shape index (κ1) is 12.7. The summed E-state index contributed by atoms with van der Waals surface area (Å²) in [5.41, 5.74) is 2.19. The van der Waals surface area contributed by atoms with Gasteiger partial charge in [0.25, 0.3) is 5.91 Å². The van der Waals surface area contributed by atoms with E-state index in [4.69, 9.17) is 11.6 Å². The Bertz CT molecular complexity index is 752. The van der Waals surface area contributed by atoms with Crippen LogP contribution >= 0.6 is 11.6 Å². The first-order valence-corrected chi connectivity index (χ1v) is 6.56. The van der Waals surface area contributed by atoms with Crippen LogP contribution in [-0.2, 0) is 6.54 Å². The summed E-state index contributed by atoms with van der Waals surface area (Å²) in [5, 5.41) is 3.48. The number of hydrogen-bond donors (Lipinski definition) is 1. The Labute approximate surface area is 121 Å². The van der Waals surface area contributed by atoms with Gasteiger partial charge >= 0.3 is 0 Å². The molecule has 0 spiro atoms. The topological polar surface area (TPSA) is 46.4 Å². The lowest BCUT2D eigenvalue weighted by atomic mass is 10.2. The smallest absolute Gasteiger partial charge is 0.251 e. The van der Waals surface area contributed by atoms with Crippen molar-refractivity contribution in [3.8, 4) is 0 Å². The van der Waals surface area contributed by atoms with Crippen LogP contribution in [0.15, 0.2) is 54.9 Å². The summed E-state index contributed by atoms with van der Waals surface area (Å²) in [6.07, 6.45) is 3.71. The van der Waals surface area contributed by atoms with Crippen molar-refractivity contribution in [2.75, 3.05) is 0 Å². The Hall–Kier alpha value is -2.33. The van der Waals surface area contributed by atoms with E-state index in [0.29, 0.717) is 17.1 Å². The average Bonchev–Trinajstić information content (AvgIpc) is 2.87. The van der Waals surface area contributed by atoms with Gasteiger partial charge in [-0.15, -0.1) is 0 Å². The number of carbonyl (C=O) groups is 1. The van der Waals surface area contributed by atoms with E-state index in [1.165, 1.54) is 0 Å². The van der Waals surface area contributed by atoms with Crippen LogP contribution in [0.5, 0.6) is 0 Å². The summed E-state index contributed by atoms with van der Waals surface area (Å²) in [6, 6.07) is 12.7. The predicted octanol–water partition coefficient (Wildman–Crippen LogP) is 2.92. The molecule has 0 atom stereocenters. The Kier molecular flexibility index (Phi) is 3.39. The van der Waals surface area contributed by atoms with Crippen LogP contribution in [0.2, 0.25) is 5.02 Å². The van der Waals surface area contributed by atoms with Crippen molar-refractivity contribution in [3.05, 3.63) is 71.1 Å². The van der Waals surface area contributed by atoms with Gasteiger partial charge in [-0.3, -0.25) is 4.79 Å². The Morgan fingerprint density at radius 1 is 1.25 bits per heavy atom. The molecule has 3 rings (SSSR count). The van der Waals surface area contributed by atoms with Crippen LogP contribution in [0.3, 0.4) is 0 Å². The maximum Gasteiger partial charge on any atom is 0.251 e. The van der Waals surface area contributed by atoms with Crippen molar-refractivity contribution in [1.82, 2.24) is 14.7 Å². The second-order valence-electron chi connectivity index (χ2n) is 4.39. The summed E-state index contributed by atoms with van der Waals surface area (Å²) in [6.45, 7) is 0.382. The highest BCUT2D eigenvalue weighted by molar-refractivity contribution is 6.30. The van der Waals surface area contributed by atoms with E-state index in [1.807, 2.05) is 35.0 Å². The van der Waals surface area contributed by atoms with Crippen LogP contribution < -0.4 is 5.32 Å². The lowest BCUT2D eigenvalue weighted by Gasteiger charge is -2.02. The highest BCUT2D eigenvalue weighted by Crippen LogP contribution is 2.12. The van der Waals surface area contributed by atoms with Crippen LogP contribution in [-0.4, -0.2) is 15.3 Å². The molecule has 2 heterocycles. The van der Waals surface area contributed by atoms with Crippen LogP contribution in [0.25, 0.3) is 5.65 Å². The van der Waals surface area contributed by atoms with Gasteiger partial charge in [0, 0.05) is 23.0 Å². The fraction of sp³-hybridized carbons (Fsp3) is 0.0667. The normalized spacial score (nSPS) is 10.7. The fourth-order valence-electron chi connectivity index (χ4n) is 1.96. The van der Waals surface area contributed by atoms with Gasteiger partial charge in [0.1, 0.15) is 5.65 Å². The zero-order valence-corrected chi connectivity index (χ0v) is 11.3. The van der Waals surface area contributed by atoms with Gasteiger partial charge in [0.2, 0.25) is 0 Å². The highest BCUT2D eigenvalue weighted by Gasteiger charge is 2.06. The number of nitrogens with zero attached hydrogens (tertiary/aromatic N) is 2. The van der Waals surface area contributed by atoms with E-state index in [9.17, 15) is 4.79 Å². The molecule has 100 valence electrons. The van der Waals surface area contributed by atoms with Crippen molar-refractivity contribution in [1.29, 1.82) is 0 Å². The number of halogens is 1. The third-order valence-corrected chi connectivity index (χ3v) is 3.17. The molecule has 0 aliphatic heterocycles. The number of pyridine rings is 1. The quantitative estimate of drug-likeness (QED) is 0.804. The molecule has 0 aliphatic carbocycles. The zero-order chi connectivity index (χ0) is 13.9. The molecule has 5 heteroatoms. The molecule has 1 amide bonds. The molecule has 2 aromatic heterocycles. The van der Waals surface area contributed by atoms with E-state index >= 15 is 0 Å². The first-order valence-electron chi connectivity index (χ1n) is 6.19. The Morgan fingerprint density at radius 2 is 2.05 bits per heavy atom. The lowest BCUT2D eigenvalue weighted by molar-refractivity contribution is 0.0950. The summed E-state index contributed by atoms with van der Waals surface area (Å²) in [4.78, 5) is 16.3. The SMILES string of the molecule is O=C(NCc1cn2ccc(Cl)cc2n1)c1ccccc1. The fourth-order valence-corrected chi connectivity index (χ4v) is 2.11. The maximum atomic E-state index is 11.9. The molecular formula is C15H12ClN3O. The molecule has 0 unspecified atom stereocenters. The zero-order valence-electron chi connectivity index (χ0n) is 10.6. The van der Waals surface area contributed by atoms with Crippen molar-refractivity contribution in [2.24, 2.45) is 0 Å². The number of benzene rings is 1. The number of rotatable bonds is 3. The summed E-state index contributed by atoms with van der Waals surface area (Å²) in [5.74, 6) is -0.110. The number of amides is 1. The largest absolute Gasteiger partial charge is 0.346 e. The molecule has 1 N–H and O–H groups in total. The van der Waals surface area contributed by atoms with E-state index in [0.717, 1.165) is 11.3 Å². The molecule has 0 saturated heterocycles. The maximum absolute atomic E-state index is 11.9. The highest BCUT2D eigenvalue weighted by atomic mass is 35.5. The number of carbonyl (C=O) groups excluding carboxylic acids is 1. The van der Waals surface area contributed by atoms with E-state index in [-0.39, 0.29) is 5.91 Å². The predicted molar refractivity (Wildman–Crippen MR) is 77.8 cm³/mol. The minimum Gasteiger partial charge on any atom is -0.346 e. The third-order valence-electron chi connectivity index (χ3n) is 2.94. The van der Waals surface area contributed by atoms with Gasteiger partial charge in [-0.05, 0) is 24.3 Å². The number of fused-ring (bicyclic) bond motifs is 1. The summed E-state index contributed by atoms with van der Waals surface area (Å²) >= 11 is 5.91. The molecule has 20 heavy (non-hydrogen) atoms. The molecule has 0 bridgehead atoms. The van der Waals surface area contributed by atoms with Gasteiger partial charge in [-0.1, -0.05) is 29.8 Å². The first-order chi connectivity index (χ1) is 9.72. The van der Waals surface area contributed by atoms with E-state index < -0.39 is 0 Å². The minimum absolute atomic E-state index is 0.110. The van der Waals surface area contributed by atoms with Crippen LogP contribution in [0.4, 0.5) is 0 Å². The molecule has 0 fully saturated rings. The van der Waals surface area contributed by atoms with Crippen molar-refractivity contribution >= 4 is 23.2 Å². The Balaban J connectivity index is 1.72. The van der Waals surface area contributed by atoms with Crippen LogP contribution in [0.1, 0.15) is 16.1 Å². The van der Waals surface area contributed by atoms with Crippen molar-refractivity contribution < 1.29 is 4.79 Å². The second-order valence-corrected chi connectivity index (χ2v) is 4.83.